The van der Waals surface area contributed by atoms with Crippen molar-refractivity contribution in [1.29, 1.82) is 0 Å². The zero-order chi connectivity index (χ0) is 14.4. The molecule has 3 heteroatoms. The number of benzene rings is 2. The molecule has 2 nitrogen and oxygen atoms in total. The summed E-state index contributed by atoms with van der Waals surface area (Å²) < 4.78 is 1.29. The minimum atomic E-state index is 0.450. The maximum Gasteiger partial charge on any atom is 0.0907 e. The Bertz CT molecular complexity index is 806. The molecule has 0 fully saturated rings. The van der Waals surface area contributed by atoms with Gasteiger partial charge in [0.05, 0.1) is 15.2 Å². The Morgan fingerprint density at radius 2 is 2.05 bits per heavy atom. The molecule has 3 aromatic rings. The van der Waals surface area contributed by atoms with E-state index in [1.54, 1.807) is 11.3 Å². The van der Waals surface area contributed by atoms with Crippen LogP contribution in [0.15, 0.2) is 42.5 Å². The largest absolute Gasteiger partial charge is 0.301 e. The predicted molar refractivity (Wildman–Crippen MR) is 89.0 cm³/mol. The number of aromatic nitrogens is 1. The SMILES string of the molecule is Cc1nc2cc(C3CN(C)Cc4ccccc43)ccc2s1. The van der Waals surface area contributed by atoms with E-state index in [-0.39, 0.29) is 0 Å². The fourth-order valence-electron chi connectivity index (χ4n) is 3.34. The molecule has 4 rings (SSSR count). The first-order valence-electron chi connectivity index (χ1n) is 7.34. The van der Waals surface area contributed by atoms with Gasteiger partial charge in [-0.3, -0.25) is 0 Å². The van der Waals surface area contributed by atoms with Gasteiger partial charge in [-0.1, -0.05) is 30.3 Å². The van der Waals surface area contributed by atoms with Gasteiger partial charge in [0, 0.05) is 19.0 Å². The van der Waals surface area contributed by atoms with Gasteiger partial charge in [-0.15, -0.1) is 11.3 Å². The van der Waals surface area contributed by atoms with Crippen molar-refractivity contribution in [2.75, 3.05) is 13.6 Å². The lowest BCUT2D eigenvalue weighted by atomic mass is 9.85. The molecule has 0 aliphatic carbocycles. The monoisotopic (exact) mass is 294 g/mol. The quantitative estimate of drug-likeness (QED) is 0.669. The van der Waals surface area contributed by atoms with Crippen LogP contribution in [0.25, 0.3) is 10.2 Å². The summed E-state index contributed by atoms with van der Waals surface area (Å²) in [5, 5.41) is 1.14. The summed E-state index contributed by atoms with van der Waals surface area (Å²) in [6.07, 6.45) is 0. The minimum absolute atomic E-state index is 0.450. The molecular weight excluding hydrogens is 276 g/mol. The molecule has 1 atom stereocenters. The third-order valence-electron chi connectivity index (χ3n) is 4.29. The lowest BCUT2D eigenvalue weighted by molar-refractivity contribution is 0.295. The van der Waals surface area contributed by atoms with Gasteiger partial charge in [0.2, 0.25) is 0 Å². The Labute approximate surface area is 129 Å². The van der Waals surface area contributed by atoms with Gasteiger partial charge < -0.3 is 4.90 Å². The van der Waals surface area contributed by atoms with E-state index in [2.05, 4.69) is 66.3 Å². The summed E-state index contributed by atoms with van der Waals surface area (Å²) in [7, 11) is 2.20. The van der Waals surface area contributed by atoms with Crippen LogP contribution in [0.4, 0.5) is 0 Å². The van der Waals surface area contributed by atoms with Crippen LogP contribution in [-0.2, 0) is 6.54 Å². The fraction of sp³-hybridized carbons (Fsp3) is 0.278. The summed E-state index contributed by atoms with van der Waals surface area (Å²) in [5.74, 6) is 0.450. The third kappa shape index (κ3) is 2.27. The number of likely N-dealkylation sites (N-methyl/N-ethyl adjacent to an activating group) is 1. The molecule has 2 heterocycles. The van der Waals surface area contributed by atoms with Crippen LogP contribution in [0.1, 0.15) is 27.6 Å². The van der Waals surface area contributed by atoms with Gasteiger partial charge in [-0.25, -0.2) is 4.98 Å². The molecule has 1 aliphatic heterocycles. The zero-order valence-corrected chi connectivity index (χ0v) is 13.2. The molecular formula is C18H18N2S. The molecule has 21 heavy (non-hydrogen) atoms. The van der Waals surface area contributed by atoms with Gasteiger partial charge in [0.15, 0.2) is 0 Å². The van der Waals surface area contributed by atoms with Gasteiger partial charge in [-0.05, 0) is 42.8 Å². The van der Waals surface area contributed by atoms with Crippen LogP contribution in [0.2, 0.25) is 0 Å². The van der Waals surface area contributed by atoms with Crippen molar-refractivity contribution in [1.82, 2.24) is 9.88 Å². The average molecular weight is 294 g/mol. The minimum Gasteiger partial charge on any atom is -0.301 e. The Morgan fingerprint density at radius 1 is 1.19 bits per heavy atom. The second-order valence-corrected chi connectivity index (χ2v) is 7.14. The molecule has 0 amide bonds. The van der Waals surface area contributed by atoms with Crippen LogP contribution in [0.3, 0.4) is 0 Å². The van der Waals surface area contributed by atoms with Crippen molar-refractivity contribution in [2.45, 2.75) is 19.4 Å². The number of nitrogens with zero attached hydrogens (tertiary/aromatic N) is 2. The van der Waals surface area contributed by atoms with Crippen molar-refractivity contribution in [3.8, 4) is 0 Å². The van der Waals surface area contributed by atoms with Crippen LogP contribution in [0, 0.1) is 6.92 Å². The third-order valence-corrected chi connectivity index (χ3v) is 5.24. The molecule has 1 aliphatic rings. The van der Waals surface area contributed by atoms with Crippen molar-refractivity contribution in [2.24, 2.45) is 0 Å². The number of hydrogen-bond acceptors (Lipinski definition) is 3. The van der Waals surface area contributed by atoms with E-state index in [1.165, 1.54) is 21.4 Å². The summed E-state index contributed by atoms with van der Waals surface area (Å²) in [5.41, 5.74) is 5.44. The smallest absolute Gasteiger partial charge is 0.0907 e. The van der Waals surface area contributed by atoms with E-state index < -0.39 is 0 Å². The summed E-state index contributed by atoms with van der Waals surface area (Å²) in [6.45, 7) is 4.20. The fourth-order valence-corrected chi connectivity index (χ4v) is 4.15. The molecule has 0 radical (unpaired) electrons. The Hall–Kier alpha value is -1.71. The van der Waals surface area contributed by atoms with Crippen molar-refractivity contribution < 1.29 is 0 Å². The van der Waals surface area contributed by atoms with E-state index in [4.69, 9.17) is 0 Å². The normalized spacial score (nSPS) is 18.9. The highest BCUT2D eigenvalue weighted by Gasteiger charge is 2.24. The van der Waals surface area contributed by atoms with Crippen LogP contribution in [0.5, 0.6) is 0 Å². The Morgan fingerprint density at radius 3 is 2.95 bits per heavy atom. The molecule has 0 saturated carbocycles. The van der Waals surface area contributed by atoms with Gasteiger partial charge in [-0.2, -0.15) is 0 Å². The molecule has 0 bridgehead atoms. The van der Waals surface area contributed by atoms with Crippen molar-refractivity contribution >= 4 is 21.6 Å². The first-order chi connectivity index (χ1) is 10.2. The maximum atomic E-state index is 4.65. The second kappa shape index (κ2) is 4.93. The Kier molecular flexibility index (Phi) is 3.05. The van der Waals surface area contributed by atoms with Gasteiger partial charge in [0.1, 0.15) is 0 Å². The highest BCUT2D eigenvalue weighted by atomic mass is 32.1. The van der Waals surface area contributed by atoms with E-state index in [1.807, 2.05) is 0 Å². The van der Waals surface area contributed by atoms with Gasteiger partial charge >= 0.3 is 0 Å². The summed E-state index contributed by atoms with van der Waals surface area (Å²) in [6, 6.07) is 15.6. The maximum absolute atomic E-state index is 4.65. The van der Waals surface area contributed by atoms with E-state index in [9.17, 15) is 0 Å². The lowest BCUT2D eigenvalue weighted by Crippen LogP contribution is -2.30. The predicted octanol–water partition coefficient (Wildman–Crippen LogP) is 4.18. The second-order valence-electron chi connectivity index (χ2n) is 5.91. The molecule has 0 N–H and O–H groups in total. The number of hydrogen-bond donors (Lipinski definition) is 0. The molecule has 2 aromatic carbocycles. The summed E-state index contributed by atoms with van der Waals surface area (Å²) in [4.78, 5) is 7.05. The molecule has 106 valence electrons. The highest BCUT2D eigenvalue weighted by molar-refractivity contribution is 7.18. The van der Waals surface area contributed by atoms with E-state index in [0.717, 1.165) is 23.6 Å². The average Bonchev–Trinajstić information content (AvgIpc) is 2.85. The van der Waals surface area contributed by atoms with E-state index >= 15 is 0 Å². The van der Waals surface area contributed by atoms with Crippen LogP contribution in [-0.4, -0.2) is 23.5 Å². The number of rotatable bonds is 1. The number of aryl methyl sites for hydroxylation is 1. The van der Waals surface area contributed by atoms with Gasteiger partial charge in [0.25, 0.3) is 0 Å². The van der Waals surface area contributed by atoms with Crippen LogP contribution >= 0.6 is 11.3 Å². The number of fused-ring (bicyclic) bond motifs is 2. The molecule has 0 spiro atoms. The summed E-state index contributed by atoms with van der Waals surface area (Å²) >= 11 is 1.77. The molecule has 0 saturated heterocycles. The lowest BCUT2D eigenvalue weighted by Gasteiger charge is -2.32. The topological polar surface area (TPSA) is 16.1 Å². The van der Waals surface area contributed by atoms with E-state index in [0.29, 0.717) is 5.92 Å². The molecule has 1 unspecified atom stereocenters. The molecule has 1 aromatic heterocycles. The number of thiazole rings is 1. The highest BCUT2D eigenvalue weighted by Crippen LogP contribution is 2.34. The van der Waals surface area contributed by atoms with Crippen molar-refractivity contribution in [3.63, 3.8) is 0 Å². The van der Waals surface area contributed by atoms with Crippen LogP contribution < -0.4 is 0 Å². The standard InChI is InChI=1S/C18H18N2S/c1-12-19-17-9-13(7-8-18(17)21-12)16-11-20(2)10-14-5-3-4-6-15(14)16/h3-9,16H,10-11H2,1-2H3. The first-order valence-corrected chi connectivity index (χ1v) is 8.16. The zero-order valence-electron chi connectivity index (χ0n) is 12.3. The Balaban J connectivity index is 1.84. The first kappa shape index (κ1) is 13.0. The van der Waals surface area contributed by atoms with Crippen molar-refractivity contribution in [3.05, 3.63) is 64.2 Å².